The van der Waals surface area contributed by atoms with E-state index in [0.29, 0.717) is 4.67 Å². The molecular weight excluding hydrogens is 356 g/mol. The van der Waals surface area contributed by atoms with Gasteiger partial charge in [-0.3, -0.25) is 20.4 Å². The highest BCUT2D eigenvalue weighted by Gasteiger charge is 2.51. The molecule has 22 heavy (non-hydrogen) atoms. The van der Waals surface area contributed by atoms with Crippen molar-refractivity contribution in [1.82, 2.24) is 10.9 Å². The van der Waals surface area contributed by atoms with E-state index in [1.165, 1.54) is 6.07 Å². The van der Waals surface area contributed by atoms with Crippen molar-refractivity contribution in [2.45, 2.75) is 19.3 Å². The normalized spacial score (nSPS) is 29.3. The van der Waals surface area contributed by atoms with Crippen molar-refractivity contribution < 1.29 is 23.9 Å². The number of carboxylic acid groups (broad SMARTS) is 1. The summed E-state index contributed by atoms with van der Waals surface area (Å²) in [6.45, 7) is 0. The molecule has 0 saturated heterocycles. The summed E-state index contributed by atoms with van der Waals surface area (Å²) in [6.07, 6.45) is 2.39. The number of rotatable bonds is 3. The molecule has 0 aliphatic heterocycles. The number of amides is 2. The number of nitrogens with one attached hydrogen (secondary N) is 2. The quantitative estimate of drug-likeness (QED) is 0.740. The van der Waals surface area contributed by atoms with Crippen molar-refractivity contribution in [3.8, 4) is 0 Å². The number of hydrazine groups is 1. The fourth-order valence-corrected chi connectivity index (χ4v) is 4.01. The van der Waals surface area contributed by atoms with Crippen LogP contribution in [-0.2, 0) is 9.59 Å². The molecular formula is C14H14BrN2O5-. The van der Waals surface area contributed by atoms with Gasteiger partial charge in [0, 0.05) is 11.9 Å². The van der Waals surface area contributed by atoms with Crippen LogP contribution in [0, 0.1) is 23.7 Å². The zero-order valence-electron chi connectivity index (χ0n) is 11.5. The second-order valence-corrected chi connectivity index (χ2v) is 6.53. The maximum absolute atomic E-state index is 12.2. The van der Waals surface area contributed by atoms with Crippen LogP contribution in [0.5, 0.6) is 0 Å². The van der Waals surface area contributed by atoms with E-state index in [9.17, 15) is 19.5 Å². The van der Waals surface area contributed by atoms with Crippen LogP contribution in [0.25, 0.3) is 0 Å². The van der Waals surface area contributed by atoms with Gasteiger partial charge in [-0.05, 0) is 59.2 Å². The van der Waals surface area contributed by atoms with E-state index in [2.05, 4.69) is 26.8 Å². The summed E-state index contributed by atoms with van der Waals surface area (Å²) in [6, 6.07) is 3.01. The smallest absolute Gasteiger partial charge is 0.305 e. The lowest BCUT2D eigenvalue weighted by Gasteiger charge is -2.30. The lowest BCUT2D eigenvalue weighted by atomic mass is 9.79. The SMILES string of the molecule is O=C(NNC(=O)[C@@H]1[C@@H]2CC[C@@H](C2)[C@@H]1C(=O)[O-])c1ccc(Br)o1. The number of carbonyl (C=O) groups excluding carboxylic acids is 3. The molecule has 2 bridgehead atoms. The molecule has 0 spiro atoms. The summed E-state index contributed by atoms with van der Waals surface area (Å²) < 4.78 is 5.46. The molecule has 0 radical (unpaired) electrons. The van der Waals surface area contributed by atoms with Crippen LogP contribution in [0.3, 0.4) is 0 Å². The summed E-state index contributed by atoms with van der Waals surface area (Å²) in [4.78, 5) is 35.3. The maximum Gasteiger partial charge on any atom is 0.305 e. The first-order chi connectivity index (χ1) is 10.5. The van der Waals surface area contributed by atoms with Crippen LogP contribution in [-0.4, -0.2) is 17.8 Å². The lowest BCUT2D eigenvalue weighted by Crippen LogP contribution is -2.50. The van der Waals surface area contributed by atoms with Gasteiger partial charge >= 0.3 is 5.91 Å². The highest BCUT2D eigenvalue weighted by molar-refractivity contribution is 9.10. The van der Waals surface area contributed by atoms with Crippen LogP contribution in [0.1, 0.15) is 29.8 Å². The van der Waals surface area contributed by atoms with Crippen LogP contribution in [0.15, 0.2) is 21.2 Å². The van der Waals surface area contributed by atoms with Crippen LogP contribution >= 0.6 is 15.9 Å². The zero-order valence-corrected chi connectivity index (χ0v) is 13.1. The average molecular weight is 370 g/mol. The van der Waals surface area contributed by atoms with Gasteiger partial charge in [-0.15, -0.1) is 0 Å². The van der Waals surface area contributed by atoms with E-state index < -0.39 is 29.6 Å². The van der Waals surface area contributed by atoms with Crippen LogP contribution in [0.2, 0.25) is 0 Å². The molecule has 0 aromatic carbocycles. The topological polar surface area (TPSA) is 111 Å². The van der Waals surface area contributed by atoms with Crippen LogP contribution in [0.4, 0.5) is 0 Å². The molecule has 2 fully saturated rings. The number of aliphatic carboxylic acids is 1. The summed E-state index contributed by atoms with van der Waals surface area (Å²) in [5.41, 5.74) is 4.54. The van der Waals surface area contributed by atoms with Crippen LogP contribution < -0.4 is 16.0 Å². The summed E-state index contributed by atoms with van der Waals surface area (Å²) in [7, 11) is 0. The predicted octanol–water partition coefficient (Wildman–Crippen LogP) is 0.215. The Morgan fingerprint density at radius 2 is 1.82 bits per heavy atom. The van der Waals surface area contributed by atoms with Gasteiger partial charge < -0.3 is 14.3 Å². The van der Waals surface area contributed by atoms with E-state index in [1.807, 2.05) is 0 Å². The van der Waals surface area contributed by atoms with E-state index in [1.54, 1.807) is 6.07 Å². The van der Waals surface area contributed by atoms with Crippen molar-refractivity contribution in [1.29, 1.82) is 0 Å². The third kappa shape index (κ3) is 2.63. The summed E-state index contributed by atoms with van der Waals surface area (Å²) in [5.74, 6) is -3.61. The van der Waals surface area contributed by atoms with E-state index in [0.717, 1.165) is 19.3 Å². The van der Waals surface area contributed by atoms with E-state index >= 15 is 0 Å². The standard InChI is InChI=1S/C14H15BrN2O5/c15-9-4-3-8(22-9)12(18)16-17-13(19)10-6-1-2-7(5-6)11(10)14(20)21/h3-4,6-7,10-11H,1-2,5H2,(H,16,18)(H,17,19)(H,20,21)/p-1/t6-,7+,10-,11+/m1/s1. The molecule has 3 rings (SSSR count). The van der Waals surface area contributed by atoms with Gasteiger partial charge in [-0.1, -0.05) is 0 Å². The average Bonchev–Trinajstić information content (AvgIpc) is 3.18. The minimum atomic E-state index is -1.19. The monoisotopic (exact) mass is 369 g/mol. The largest absolute Gasteiger partial charge is 0.550 e. The summed E-state index contributed by atoms with van der Waals surface area (Å²) in [5, 5.41) is 11.3. The lowest BCUT2D eigenvalue weighted by molar-refractivity contribution is -0.314. The molecule has 0 unspecified atom stereocenters. The Balaban J connectivity index is 1.62. The molecule has 2 saturated carbocycles. The number of halogens is 1. The van der Waals surface area contributed by atoms with Crippen molar-refractivity contribution >= 4 is 33.7 Å². The molecule has 4 atom stereocenters. The van der Waals surface area contributed by atoms with Crippen molar-refractivity contribution in [3.05, 3.63) is 22.6 Å². The van der Waals surface area contributed by atoms with Gasteiger partial charge in [0.1, 0.15) is 0 Å². The minimum absolute atomic E-state index is 0.00230. The number of furan rings is 1. The third-order valence-corrected chi connectivity index (χ3v) is 5.01. The highest BCUT2D eigenvalue weighted by atomic mass is 79.9. The van der Waals surface area contributed by atoms with Crippen molar-refractivity contribution in [3.63, 3.8) is 0 Å². The first-order valence-electron chi connectivity index (χ1n) is 7.03. The second kappa shape index (κ2) is 5.75. The number of carbonyl (C=O) groups is 3. The van der Waals surface area contributed by atoms with Gasteiger partial charge in [0.15, 0.2) is 10.4 Å². The van der Waals surface area contributed by atoms with Gasteiger partial charge in [0.2, 0.25) is 5.91 Å². The van der Waals surface area contributed by atoms with Gasteiger partial charge in [0.25, 0.3) is 0 Å². The molecule has 8 heteroatoms. The number of hydrogen-bond donors (Lipinski definition) is 2. The first-order valence-corrected chi connectivity index (χ1v) is 7.83. The maximum atomic E-state index is 12.2. The fraction of sp³-hybridized carbons (Fsp3) is 0.500. The Labute approximate surface area is 134 Å². The Bertz CT molecular complexity index is 629. The number of carboxylic acids is 1. The molecule has 1 aromatic rings. The van der Waals surface area contributed by atoms with Gasteiger partial charge in [-0.2, -0.15) is 0 Å². The minimum Gasteiger partial charge on any atom is -0.550 e. The molecule has 2 aliphatic rings. The number of hydrogen-bond acceptors (Lipinski definition) is 5. The molecule has 2 aliphatic carbocycles. The van der Waals surface area contributed by atoms with E-state index in [-0.39, 0.29) is 17.6 Å². The molecule has 2 amide bonds. The van der Waals surface area contributed by atoms with Gasteiger partial charge in [0.05, 0.1) is 5.92 Å². The first kappa shape index (κ1) is 15.1. The zero-order chi connectivity index (χ0) is 15.9. The second-order valence-electron chi connectivity index (χ2n) is 5.75. The molecule has 7 nitrogen and oxygen atoms in total. The molecule has 1 heterocycles. The summed E-state index contributed by atoms with van der Waals surface area (Å²) >= 11 is 3.07. The predicted molar refractivity (Wildman–Crippen MR) is 74.8 cm³/mol. The molecule has 1 aromatic heterocycles. The Kier molecular flexibility index (Phi) is 3.94. The highest BCUT2D eigenvalue weighted by Crippen LogP contribution is 2.52. The Hall–Kier alpha value is -1.83. The van der Waals surface area contributed by atoms with E-state index in [4.69, 9.17) is 4.42 Å². The third-order valence-electron chi connectivity index (χ3n) is 4.59. The molecule has 2 N–H and O–H groups in total. The number of fused-ring (bicyclic) bond motifs is 2. The Morgan fingerprint density at radius 1 is 1.14 bits per heavy atom. The Morgan fingerprint density at radius 3 is 2.41 bits per heavy atom. The van der Waals surface area contributed by atoms with Crippen molar-refractivity contribution in [2.24, 2.45) is 23.7 Å². The molecule has 118 valence electrons. The van der Waals surface area contributed by atoms with Crippen molar-refractivity contribution in [2.75, 3.05) is 0 Å². The fourth-order valence-electron chi connectivity index (χ4n) is 3.71. The van der Waals surface area contributed by atoms with Gasteiger partial charge in [-0.25, -0.2) is 0 Å².